The third-order valence-electron chi connectivity index (χ3n) is 6.74. The highest BCUT2D eigenvalue weighted by atomic mass is 16.6. The van der Waals surface area contributed by atoms with Gasteiger partial charge in [-0.15, -0.1) is 0 Å². The molecule has 10 heteroatoms. The standard InChI is InChI=1S/C26H38N6O4/c1-20(2)17-22(36-24(34)28-18-21-7-5-4-6-8-21)23(33)29-26(19-27)9-11-31(12-10-26)25(35)32-15-13-30(3)14-16-32/h4-8,20,22H,9-18H2,1-3H3,(H,28,34)(H,29,33). The summed E-state index contributed by atoms with van der Waals surface area (Å²) in [4.78, 5) is 44.3. The van der Waals surface area contributed by atoms with Crippen LogP contribution >= 0.6 is 0 Å². The van der Waals surface area contributed by atoms with Gasteiger partial charge in [-0.05, 0) is 24.9 Å². The van der Waals surface area contributed by atoms with Crippen molar-refractivity contribution in [1.29, 1.82) is 5.26 Å². The molecule has 0 radical (unpaired) electrons. The van der Waals surface area contributed by atoms with E-state index in [0.29, 0.717) is 45.4 Å². The summed E-state index contributed by atoms with van der Waals surface area (Å²) in [7, 11) is 2.04. The molecule has 2 aliphatic rings. The lowest BCUT2D eigenvalue weighted by Crippen LogP contribution is -2.60. The maximum Gasteiger partial charge on any atom is 0.408 e. The molecule has 0 aliphatic carbocycles. The third-order valence-corrected chi connectivity index (χ3v) is 6.74. The molecule has 0 aromatic heterocycles. The molecule has 0 saturated carbocycles. The van der Waals surface area contributed by atoms with E-state index in [1.165, 1.54) is 0 Å². The van der Waals surface area contributed by atoms with Crippen LogP contribution in [0.5, 0.6) is 0 Å². The average Bonchev–Trinajstić information content (AvgIpc) is 2.88. The monoisotopic (exact) mass is 498 g/mol. The molecule has 3 rings (SSSR count). The Bertz CT molecular complexity index is 932. The second-order valence-corrected chi connectivity index (χ2v) is 10.1. The van der Waals surface area contributed by atoms with Crippen molar-refractivity contribution in [2.75, 3.05) is 46.3 Å². The van der Waals surface area contributed by atoms with E-state index in [0.717, 1.165) is 18.7 Å². The van der Waals surface area contributed by atoms with Crippen LogP contribution in [0.4, 0.5) is 9.59 Å². The fraction of sp³-hybridized carbons (Fsp3) is 0.615. The Labute approximate surface area is 213 Å². The van der Waals surface area contributed by atoms with Gasteiger partial charge in [0.1, 0.15) is 5.54 Å². The van der Waals surface area contributed by atoms with Crippen molar-refractivity contribution in [3.8, 4) is 6.07 Å². The number of carbonyl (C=O) groups is 3. The number of nitriles is 1. The lowest BCUT2D eigenvalue weighted by molar-refractivity contribution is -0.132. The van der Waals surface area contributed by atoms with E-state index in [4.69, 9.17) is 4.74 Å². The largest absolute Gasteiger partial charge is 0.436 e. The summed E-state index contributed by atoms with van der Waals surface area (Å²) in [5.41, 5.74) is -0.185. The maximum atomic E-state index is 13.2. The van der Waals surface area contributed by atoms with Gasteiger partial charge in [-0.2, -0.15) is 5.26 Å². The van der Waals surface area contributed by atoms with Crippen LogP contribution in [0.15, 0.2) is 30.3 Å². The van der Waals surface area contributed by atoms with E-state index in [9.17, 15) is 19.6 Å². The number of likely N-dealkylation sites (N-methyl/N-ethyl adjacent to an activating group) is 1. The van der Waals surface area contributed by atoms with Gasteiger partial charge in [0.2, 0.25) is 0 Å². The van der Waals surface area contributed by atoms with Crippen LogP contribution < -0.4 is 10.6 Å². The minimum atomic E-state index is -1.10. The van der Waals surface area contributed by atoms with Gasteiger partial charge in [-0.25, -0.2) is 9.59 Å². The summed E-state index contributed by atoms with van der Waals surface area (Å²) in [6.45, 7) is 7.98. The molecule has 196 valence electrons. The number of hydrogen-bond acceptors (Lipinski definition) is 6. The minimum absolute atomic E-state index is 0.0166. The number of nitrogens with zero attached hydrogens (tertiary/aromatic N) is 4. The van der Waals surface area contributed by atoms with E-state index in [1.54, 1.807) is 4.90 Å². The first-order valence-corrected chi connectivity index (χ1v) is 12.7. The topological polar surface area (TPSA) is 118 Å². The third kappa shape index (κ3) is 7.59. The van der Waals surface area contributed by atoms with Gasteiger partial charge in [0, 0.05) is 58.7 Å². The Hall–Kier alpha value is -3.32. The lowest BCUT2D eigenvalue weighted by Gasteiger charge is -2.41. The molecule has 1 atom stereocenters. The predicted octanol–water partition coefficient (Wildman–Crippen LogP) is 2.17. The predicted molar refractivity (Wildman–Crippen MR) is 135 cm³/mol. The summed E-state index contributed by atoms with van der Waals surface area (Å²) in [6.07, 6.45) is -0.721. The summed E-state index contributed by atoms with van der Waals surface area (Å²) < 4.78 is 5.48. The Morgan fingerprint density at radius 1 is 1.03 bits per heavy atom. The highest BCUT2D eigenvalue weighted by Crippen LogP contribution is 2.24. The molecular formula is C26H38N6O4. The number of alkyl carbamates (subject to hydrolysis) is 1. The zero-order valence-electron chi connectivity index (χ0n) is 21.5. The van der Waals surface area contributed by atoms with E-state index in [1.807, 2.05) is 56.1 Å². The first-order valence-electron chi connectivity index (χ1n) is 12.7. The summed E-state index contributed by atoms with van der Waals surface area (Å²) in [5, 5.41) is 15.5. The summed E-state index contributed by atoms with van der Waals surface area (Å²) in [5.74, 6) is -0.386. The Morgan fingerprint density at radius 3 is 2.22 bits per heavy atom. The minimum Gasteiger partial charge on any atom is -0.436 e. The number of amides is 4. The maximum absolute atomic E-state index is 13.2. The van der Waals surface area contributed by atoms with Crippen LogP contribution in [0.1, 0.15) is 38.7 Å². The quantitative estimate of drug-likeness (QED) is 0.595. The molecule has 2 N–H and O–H groups in total. The number of nitrogens with one attached hydrogen (secondary N) is 2. The molecular weight excluding hydrogens is 460 g/mol. The Balaban J connectivity index is 1.55. The van der Waals surface area contributed by atoms with Crippen molar-refractivity contribution in [2.24, 2.45) is 5.92 Å². The molecule has 1 aromatic carbocycles. The molecule has 36 heavy (non-hydrogen) atoms. The molecule has 2 aliphatic heterocycles. The molecule has 0 spiro atoms. The highest BCUT2D eigenvalue weighted by molar-refractivity contribution is 5.84. The number of ether oxygens (including phenoxy) is 1. The van der Waals surface area contributed by atoms with Crippen LogP contribution in [0, 0.1) is 17.2 Å². The van der Waals surface area contributed by atoms with Crippen molar-refractivity contribution in [3.63, 3.8) is 0 Å². The van der Waals surface area contributed by atoms with Crippen LogP contribution in [0.3, 0.4) is 0 Å². The summed E-state index contributed by atoms with van der Waals surface area (Å²) >= 11 is 0. The van der Waals surface area contributed by atoms with E-state index >= 15 is 0 Å². The Kier molecular flexibility index (Phi) is 9.53. The van der Waals surface area contributed by atoms with Crippen LogP contribution in [0.25, 0.3) is 0 Å². The zero-order valence-corrected chi connectivity index (χ0v) is 21.5. The molecule has 10 nitrogen and oxygen atoms in total. The molecule has 1 unspecified atom stereocenters. The first-order chi connectivity index (χ1) is 17.2. The molecule has 2 fully saturated rings. The first kappa shape index (κ1) is 27.3. The molecule has 0 bridgehead atoms. The number of carbonyl (C=O) groups excluding carboxylic acids is 3. The number of benzene rings is 1. The van der Waals surface area contributed by atoms with Gasteiger partial charge < -0.3 is 30.1 Å². The zero-order chi connectivity index (χ0) is 26.1. The van der Waals surface area contributed by atoms with Gasteiger partial charge in [-0.1, -0.05) is 44.2 Å². The van der Waals surface area contributed by atoms with Crippen molar-refractivity contribution >= 4 is 18.0 Å². The number of rotatable bonds is 7. The molecule has 1 aromatic rings. The van der Waals surface area contributed by atoms with Gasteiger partial charge in [0.25, 0.3) is 5.91 Å². The fourth-order valence-corrected chi connectivity index (χ4v) is 4.44. The van der Waals surface area contributed by atoms with E-state index < -0.39 is 23.6 Å². The Morgan fingerprint density at radius 2 is 1.64 bits per heavy atom. The second-order valence-electron chi connectivity index (χ2n) is 10.1. The normalized spacial score (nSPS) is 18.8. The number of piperidine rings is 1. The summed E-state index contributed by atoms with van der Waals surface area (Å²) in [6, 6.07) is 11.7. The number of piperazine rings is 1. The average molecular weight is 499 g/mol. The van der Waals surface area contributed by atoms with Crippen LogP contribution in [0.2, 0.25) is 0 Å². The van der Waals surface area contributed by atoms with Crippen molar-refractivity contribution in [1.82, 2.24) is 25.3 Å². The second kappa shape index (κ2) is 12.6. The SMILES string of the molecule is CC(C)CC(OC(=O)NCc1ccccc1)C(=O)NC1(C#N)CCN(C(=O)N2CCN(C)CC2)CC1. The number of urea groups is 1. The van der Waals surface area contributed by atoms with Gasteiger partial charge in [0.05, 0.1) is 6.07 Å². The van der Waals surface area contributed by atoms with Crippen molar-refractivity contribution in [2.45, 2.75) is 51.3 Å². The highest BCUT2D eigenvalue weighted by Gasteiger charge is 2.40. The van der Waals surface area contributed by atoms with Gasteiger partial charge >= 0.3 is 12.1 Å². The number of likely N-dealkylation sites (tertiary alicyclic amines) is 1. The smallest absolute Gasteiger partial charge is 0.408 e. The van der Waals surface area contributed by atoms with Crippen molar-refractivity contribution < 1.29 is 19.1 Å². The van der Waals surface area contributed by atoms with Crippen molar-refractivity contribution in [3.05, 3.63) is 35.9 Å². The van der Waals surface area contributed by atoms with E-state index in [2.05, 4.69) is 21.6 Å². The van der Waals surface area contributed by atoms with Crippen LogP contribution in [-0.2, 0) is 16.1 Å². The fourth-order valence-electron chi connectivity index (χ4n) is 4.44. The lowest BCUT2D eigenvalue weighted by atomic mass is 9.88. The molecule has 2 heterocycles. The van der Waals surface area contributed by atoms with Gasteiger partial charge in [-0.3, -0.25) is 4.79 Å². The van der Waals surface area contributed by atoms with Crippen LogP contribution in [-0.4, -0.2) is 90.7 Å². The molecule has 2 saturated heterocycles. The van der Waals surface area contributed by atoms with Gasteiger partial charge in [0.15, 0.2) is 6.10 Å². The molecule has 4 amide bonds. The van der Waals surface area contributed by atoms with E-state index in [-0.39, 0.29) is 18.5 Å². The number of hydrogen-bond donors (Lipinski definition) is 2.